The third-order valence-electron chi connectivity index (χ3n) is 4.50. The van der Waals surface area contributed by atoms with Gasteiger partial charge >= 0.3 is 0 Å². The van der Waals surface area contributed by atoms with E-state index in [4.69, 9.17) is 0 Å². The molecule has 0 spiro atoms. The first kappa shape index (κ1) is 14.8. The highest BCUT2D eigenvalue weighted by atomic mass is 16.3. The zero-order chi connectivity index (χ0) is 13.9. The number of piperazine rings is 1. The van der Waals surface area contributed by atoms with E-state index in [1.165, 1.54) is 0 Å². The number of hydrogen-bond donors (Lipinski definition) is 2. The number of amides is 1. The van der Waals surface area contributed by atoms with E-state index in [1.54, 1.807) is 4.90 Å². The van der Waals surface area contributed by atoms with Crippen LogP contribution in [-0.4, -0.2) is 72.2 Å². The van der Waals surface area contributed by atoms with Gasteiger partial charge < -0.3 is 15.3 Å². The van der Waals surface area contributed by atoms with E-state index in [1.807, 2.05) is 14.0 Å². The minimum atomic E-state index is -0.645. The Morgan fingerprint density at radius 2 is 1.95 bits per heavy atom. The number of rotatable bonds is 4. The number of nitrogens with one attached hydrogen (secondary N) is 1. The minimum Gasteiger partial charge on any atom is -0.388 e. The lowest BCUT2D eigenvalue weighted by molar-refractivity contribution is -0.138. The van der Waals surface area contributed by atoms with Gasteiger partial charge in [-0.05, 0) is 19.8 Å². The molecule has 1 aliphatic heterocycles. The fraction of sp³-hybridized carbons (Fsp3) is 0.929. The predicted octanol–water partition coefficient (Wildman–Crippen LogP) is 0.0436. The maximum Gasteiger partial charge on any atom is 0.239 e. The third kappa shape index (κ3) is 3.68. The van der Waals surface area contributed by atoms with Crippen LogP contribution >= 0.6 is 0 Å². The van der Waals surface area contributed by atoms with Crippen molar-refractivity contribution in [3.63, 3.8) is 0 Å². The van der Waals surface area contributed by atoms with Crippen LogP contribution in [0.4, 0.5) is 0 Å². The highest BCUT2D eigenvalue weighted by Gasteiger charge is 2.35. The van der Waals surface area contributed by atoms with Crippen LogP contribution in [0.25, 0.3) is 0 Å². The summed E-state index contributed by atoms with van der Waals surface area (Å²) < 4.78 is 0. The maximum absolute atomic E-state index is 12.4. The normalized spacial score (nSPS) is 25.2. The summed E-state index contributed by atoms with van der Waals surface area (Å²) in [4.78, 5) is 16.4. The highest BCUT2D eigenvalue weighted by Crippen LogP contribution is 2.30. The fourth-order valence-corrected chi connectivity index (χ4v) is 3.26. The number of carbonyl (C=O) groups excluding carboxylic acids is 1. The van der Waals surface area contributed by atoms with Gasteiger partial charge in [-0.1, -0.05) is 12.8 Å². The van der Waals surface area contributed by atoms with Crippen molar-refractivity contribution in [2.75, 3.05) is 39.8 Å². The van der Waals surface area contributed by atoms with Crippen LogP contribution in [0.2, 0.25) is 0 Å². The molecule has 0 bridgehead atoms. The molecule has 5 heteroatoms. The van der Waals surface area contributed by atoms with Crippen molar-refractivity contribution >= 4 is 5.91 Å². The summed E-state index contributed by atoms with van der Waals surface area (Å²) in [5, 5.41) is 13.7. The van der Waals surface area contributed by atoms with Crippen LogP contribution in [0.5, 0.6) is 0 Å². The molecule has 1 unspecified atom stereocenters. The van der Waals surface area contributed by atoms with Crippen molar-refractivity contribution in [3.8, 4) is 0 Å². The van der Waals surface area contributed by atoms with Gasteiger partial charge in [-0.3, -0.25) is 9.69 Å². The first-order valence-electron chi connectivity index (χ1n) is 7.44. The first-order chi connectivity index (χ1) is 9.02. The van der Waals surface area contributed by atoms with Crippen LogP contribution in [0.1, 0.15) is 32.6 Å². The zero-order valence-electron chi connectivity index (χ0n) is 12.2. The molecule has 110 valence electrons. The Labute approximate surface area is 115 Å². The van der Waals surface area contributed by atoms with Gasteiger partial charge in [0, 0.05) is 39.8 Å². The van der Waals surface area contributed by atoms with Crippen LogP contribution in [0.3, 0.4) is 0 Å². The number of aliphatic hydroxyl groups is 1. The molecule has 0 aromatic rings. The lowest BCUT2D eigenvalue weighted by atomic mass is 10.0. The molecule has 19 heavy (non-hydrogen) atoms. The molecule has 2 fully saturated rings. The largest absolute Gasteiger partial charge is 0.388 e. The van der Waals surface area contributed by atoms with Gasteiger partial charge in [0.15, 0.2) is 0 Å². The Hall–Kier alpha value is -0.650. The first-order valence-corrected chi connectivity index (χ1v) is 7.44. The van der Waals surface area contributed by atoms with Crippen molar-refractivity contribution in [3.05, 3.63) is 0 Å². The predicted molar refractivity (Wildman–Crippen MR) is 75.0 cm³/mol. The average molecular weight is 269 g/mol. The third-order valence-corrected chi connectivity index (χ3v) is 4.50. The lowest BCUT2D eigenvalue weighted by Crippen LogP contribution is -2.54. The molecule has 1 amide bonds. The summed E-state index contributed by atoms with van der Waals surface area (Å²) in [5.74, 6) is 0.127. The van der Waals surface area contributed by atoms with Gasteiger partial charge in [-0.2, -0.15) is 0 Å². The summed E-state index contributed by atoms with van der Waals surface area (Å²) in [7, 11) is 1.82. The van der Waals surface area contributed by atoms with E-state index in [-0.39, 0.29) is 11.9 Å². The molecular weight excluding hydrogens is 242 g/mol. The molecule has 1 atom stereocenters. The average Bonchev–Trinajstić information content (AvgIpc) is 2.84. The molecule has 5 nitrogen and oxygen atoms in total. The van der Waals surface area contributed by atoms with Gasteiger partial charge in [0.25, 0.3) is 0 Å². The van der Waals surface area contributed by atoms with E-state index in [2.05, 4.69) is 10.2 Å². The maximum atomic E-state index is 12.4. The molecule has 1 saturated carbocycles. The van der Waals surface area contributed by atoms with Crippen molar-refractivity contribution in [1.82, 2.24) is 15.1 Å². The smallest absolute Gasteiger partial charge is 0.239 e. The Morgan fingerprint density at radius 1 is 1.37 bits per heavy atom. The van der Waals surface area contributed by atoms with E-state index in [0.29, 0.717) is 6.54 Å². The van der Waals surface area contributed by atoms with E-state index >= 15 is 0 Å². The molecule has 1 aliphatic carbocycles. The quantitative estimate of drug-likeness (QED) is 0.757. The monoisotopic (exact) mass is 269 g/mol. The number of carbonyl (C=O) groups is 1. The molecule has 1 saturated heterocycles. The Morgan fingerprint density at radius 3 is 2.53 bits per heavy atom. The summed E-state index contributed by atoms with van der Waals surface area (Å²) in [6.45, 7) is 6.19. The summed E-state index contributed by atoms with van der Waals surface area (Å²) in [6.07, 6.45) is 3.80. The van der Waals surface area contributed by atoms with Gasteiger partial charge in [0.1, 0.15) is 0 Å². The molecule has 1 heterocycles. The van der Waals surface area contributed by atoms with Gasteiger partial charge in [-0.25, -0.2) is 0 Å². The lowest BCUT2D eigenvalue weighted by Gasteiger charge is -2.36. The van der Waals surface area contributed by atoms with E-state index in [0.717, 1.165) is 51.9 Å². The molecule has 0 aromatic heterocycles. The zero-order valence-corrected chi connectivity index (χ0v) is 12.2. The Kier molecular flexibility index (Phi) is 4.81. The Bertz CT molecular complexity index is 310. The molecule has 2 aliphatic rings. The summed E-state index contributed by atoms with van der Waals surface area (Å²) in [5.41, 5.74) is -0.645. The number of likely N-dealkylation sites (N-methyl/N-ethyl adjacent to an activating group) is 1. The number of nitrogens with zero attached hydrogens (tertiary/aromatic N) is 2. The van der Waals surface area contributed by atoms with Crippen molar-refractivity contribution < 1.29 is 9.90 Å². The van der Waals surface area contributed by atoms with Crippen molar-refractivity contribution in [2.45, 2.75) is 44.2 Å². The van der Waals surface area contributed by atoms with Crippen LogP contribution in [0, 0.1) is 0 Å². The topological polar surface area (TPSA) is 55.8 Å². The van der Waals surface area contributed by atoms with Crippen LogP contribution in [0.15, 0.2) is 0 Å². The van der Waals surface area contributed by atoms with E-state index < -0.39 is 5.60 Å². The fourth-order valence-electron chi connectivity index (χ4n) is 3.26. The van der Waals surface area contributed by atoms with Crippen molar-refractivity contribution in [2.24, 2.45) is 0 Å². The summed E-state index contributed by atoms with van der Waals surface area (Å²) >= 11 is 0. The SMILES string of the molecule is CC(C(=O)N(C)CC1(O)CCCC1)N1CCNCC1. The molecule has 2 rings (SSSR count). The Balaban J connectivity index is 1.86. The summed E-state index contributed by atoms with van der Waals surface area (Å²) in [6, 6.07) is -0.0860. The molecule has 0 aromatic carbocycles. The second kappa shape index (κ2) is 6.20. The molecule has 2 N–H and O–H groups in total. The standard InChI is InChI=1S/C14H27N3O2/c1-12(17-9-7-15-8-10-17)13(18)16(2)11-14(19)5-3-4-6-14/h12,15,19H,3-11H2,1-2H3. The second-order valence-corrected chi connectivity index (χ2v) is 6.09. The minimum absolute atomic E-state index is 0.0860. The number of hydrogen-bond acceptors (Lipinski definition) is 4. The van der Waals surface area contributed by atoms with Gasteiger partial charge in [-0.15, -0.1) is 0 Å². The van der Waals surface area contributed by atoms with Crippen LogP contribution < -0.4 is 5.32 Å². The van der Waals surface area contributed by atoms with E-state index in [9.17, 15) is 9.90 Å². The van der Waals surface area contributed by atoms with Crippen LogP contribution in [-0.2, 0) is 4.79 Å². The van der Waals surface area contributed by atoms with Crippen molar-refractivity contribution in [1.29, 1.82) is 0 Å². The molecule has 0 radical (unpaired) electrons. The second-order valence-electron chi connectivity index (χ2n) is 6.09. The van der Waals surface area contributed by atoms with Gasteiger partial charge in [0.2, 0.25) is 5.91 Å². The highest BCUT2D eigenvalue weighted by molar-refractivity contribution is 5.81. The van der Waals surface area contributed by atoms with Gasteiger partial charge in [0.05, 0.1) is 11.6 Å². The molecular formula is C14H27N3O2.